The van der Waals surface area contributed by atoms with Crippen molar-refractivity contribution in [2.75, 3.05) is 0 Å². The third-order valence-corrected chi connectivity index (χ3v) is 2.86. The molecule has 0 fully saturated rings. The molecule has 0 aromatic rings. The number of ketones is 2. The van der Waals surface area contributed by atoms with Gasteiger partial charge in [-0.3, -0.25) is 9.59 Å². The molecule has 0 aromatic carbocycles. The van der Waals surface area contributed by atoms with Crippen molar-refractivity contribution in [1.82, 2.24) is 0 Å². The Labute approximate surface area is 93.6 Å². The molecule has 80 valence electrons. The van der Waals surface area contributed by atoms with E-state index in [0.717, 1.165) is 11.8 Å². The lowest BCUT2D eigenvalue weighted by Gasteiger charge is -2.13. The molecule has 0 bridgehead atoms. The second-order valence-corrected chi connectivity index (χ2v) is 4.84. The first-order valence-electron chi connectivity index (χ1n) is 4.22. The molecular formula is C9H14O3S2. The van der Waals surface area contributed by atoms with Crippen LogP contribution in [0.3, 0.4) is 0 Å². The van der Waals surface area contributed by atoms with Crippen molar-refractivity contribution in [3.63, 3.8) is 0 Å². The van der Waals surface area contributed by atoms with E-state index in [9.17, 15) is 9.59 Å². The third kappa shape index (κ3) is 5.34. The zero-order valence-electron chi connectivity index (χ0n) is 8.70. The van der Waals surface area contributed by atoms with Gasteiger partial charge in [0.25, 0.3) is 0 Å². The van der Waals surface area contributed by atoms with E-state index in [1.165, 1.54) is 13.8 Å². The first kappa shape index (κ1) is 13.6. The molecule has 0 amide bonds. The topological polar surface area (TPSA) is 43.4 Å². The summed E-state index contributed by atoms with van der Waals surface area (Å²) < 4.78 is 5.42. The van der Waals surface area contributed by atoms with Crippen molar-refractivity contribution in [3.05, 3.63) is 0 Å². The van der Waals surface area contributed by atoms with Gasteiger partial charge in [0.15, 0.2) is 11.6 Å². The number of carbonyl (C=O) groups excluding carboxylic acids is 2. The van der Waals surface area contributed by atoms with Gasteiger partial charge in [-0.1, -0.05) is 11.8 Å². The Bertz CT molecular complexity index is 234. The normalized spacial score (nSPS) is 10.4. The maximum absolute atomic E-state index is 11.0. The lowest BCUT2D eigenvalue weighted by Crippen LogP contribution is -2.24. The Morgan fingerprint density at radius 2 is 1.64 bits per heavy atom. The molecule has 0 aliphatic heterocycles. The predicted molar refractivity (Wildman–Crippen MR) is 61.6 cm³/mol. The fourth-order valence-corrected chi connectivity index (χ4v) is 2.02. The van der Waals surface area contributed by atoms with Gasteiger partial charge >= 0.3 is 0 Å². The fraction of sp³-hybridized carbons (Fsp3) is 0.667. The number of hydrogen-bond acceptors (Lipinski definition) is 5. The molecule has 14 heavy (non-hydrogen) atoms. The average Bonchev–Trinajstić information content (AvgIpc) is 1.97. The Kier molecular flexibility index (Phi) is 5.95. The van der Waals surface area contributed by atoms with Crippen LogP contribution in [0.1, 0.15) is 27.7 Å². The van der Waals surface area contributed by atoms with Crippen molar-refractivity contribution in [2.45, 2.75) is 39.0 Å². The number of ether oxygens (including phenoxy) is 1. The van der Waals surface area contributed by atoms with Crippen molar-refractivity contribution in [2.24, 2.45) is 0 Å². The number of rotatable bonds is 4. The van der Waals surface area contributed by atoms with Crippen LogP contribution in [-0.2, 0) is 14.3 Å². The molecule has 0 rings (SSSR count). The maximum Gasteiger partial charge on any atom is 0.221 e. The summed E-state index contributed by atoms with van der Waals surface area (Å²) in [5, 5.41) is -0.721. The van der Waals surface area contributed by atoms with Gasteiger partial charge in [0.05, 0.1) is 6.10 Å². The summed E-state index contributed by atoms with van der Waals surface area (Å²) in [6.07, 6.45) is -0.0328. The molecule has 0 saturated carbocycles. The highest BCUT2D eigenvalue weighted by atomic mass is 32.2. The SMILES string of the molecule is CC(=O)C(SC(=S)OC(C)C)C(C)=O. The lowest BCUT2D eigenvalue weighted by atomic mass is 10.2. The van der Waals surface area contributed by atoms with Gasteiger partial charge in [0.2, 0.25) is 4.38 Å². The first-order valence-corrected chi connectivity index (χ1v) is 5.51. The fourth-order valence-electron chi connectivity index (χ4n) is 0.769. The molecule has 0 saturated heterocycles. The molecule has 5 heteroatoms. The van der Waals surface area contributed by atoms with Crippen molar-refractivity contribution in [1.29, 1.82) is 0 Å². The molecule has 0 N–H and O–H groups in total. The van der Waals surface area contributed by atoms with E-state index < -0.39 is 5.25 Å². The minimum atomic E-state index is -0.721. The number of Topliss-reactive ketones (excluding diaryl/α,β-unsaturated/α-hetero) is 2. The smallest absolute Gasteiger partial charge is 0.221 e. The highest BCUT2D eigenvalue weighted by Gasteiger charge is 2.22. The number of thioether (sulfide) groups is 1. The quantitative estimate of drug-likeness (QED) is 0.549. The van der Waals surface area contributed by atoms with Crippen LogP contribution in [-0.4, -0.2) is 27.3 Å². The van der Waals surface area contributed by atoms with E-state index in [1.807, 2.05) is 13.8 Å². The Morgan fingerprint density at radius 3 is 1.93 bits per heavy atom. The van der Waals surface area contributed by atoms with Gasteiger partial charge in [0.1, 0.15) is 5.25 Å². The summed E-state index contributed by atoms with van der Waals surface area (Å²) in [5.41, 5.74) is 0. The second kappa shape index (κ2) is 6.14. The van der Waals surface area contributed by atoms with E-state index >= 15 is 0 Å². The highest BCUT2D eigenvalue weighted by Crippen LogP contribution is 2.17. The lowest BCUT2D eigenvalue weighted by molar-refractivity contribution is -0.123. The molecule has 3 nitrogen and oxygen atoms in total. The van der Waals surface area contributed by atoms with Gasteiger partial charge < -0.3 is 4.74 Å². The van der Waals surface area contributed by atoms with Crippen LogP contribution in [0.25, 0.3) is 0 Å². The summed E-state index contributed by atoms with van der Waals surface area (Å²) in [4.78, 5) is 22.1. The van der Waals surface area contributed by atoms with Gasteiger partial charge in [0, 0.05) is 0 Å². The maximum atomic E-state index is 11.0. The van der Waals surface area contributed by atoms with Crippen LogP contribution in [0.15, 0.2) is 0 Å². The number of carbonyl (C=O) groups is 2. The molecular weight excluding hydrogens is 220 g/mol. The third-order valence-electron chi connectivity index (χ3n) is 1.28. The van der Waals surface area contributed by atoms with Crippen molar-refractivity contribution < 1.29 is 14.3 Å². The Balaban J connectivity index is 4.24. The summed E-state index contributed by atoms with van der Waals surface area (Å²) in [5.74, 6) is -0.394. The monoisotopic (exact) mass is 234 g/mol. The summed E-state index contributed by atoms with van der Waals surface area (Å²) in [6, 6.07) is 0. The Hall–Kier alpha value is -0.420. The van der Waals surface area contributed by atoms with Crippen LogP contribution < -0.4 is 0 Å². The molecule has 0 heterocycles. The minimum Gasteiger partial charge on any atom is -0.476 e. The van der Waals surface area contributed by atoms with Crippen LogP contribution in [0, 0.1) is 0 Å². The van der Waals surface area contributed by atoms with Crippen molar-refractivity contribution in [3.8, 4) is 0 Å². The predicted octanol–water partition coefficient (Wildman–Crippen LogP) is 1.98. The van der Waals surface area contributed by atoms with Crippen LogP contribution in [0.2, 0.25) is 0 Å². The Morgan fingerprint density at radius 1 is 1.21 bits per heavy atom. The molecule has 0 spiro atoms. The molecule has 0 unspecified atom stereocenters. The van der Waals surface area contributed by atoms with Crippen LogP contribution in [0.5, 0.6) is 0 Å². The average molecular weight is 234 g/mol. The van der Waals surface area contributed by atoms with E-state index in [-0.39, 0.29) is 22.1 Å². The van der Waals surface area contributed by atoms with Crippen molar-refractivity contribution >= 4 is 39.9 Å². The summed E-state index contributed by atoms with van der Waals surface area (Å²) >= 11 is 5.88. The molecule has 0 aromatic heterocycles. The molecule has 0 atom stereocenters. The van der Waals surface area contributed by atoms with Gasteiger partial charge in [-0.15, -0.1) is 0 Å². The largest absolute Gasteiger partial charge is 0.476 e. The van der Waals surface area contributed by atoms with Crippen LogP contribution in [0.4, 0.5) is 0 Å². The standard InChI is InChI=1S/C9H14O3S2/c1-5(2)12-9(13)14-8(6(3)10)7(4)11/h5,8H,1-4H3. The summed E-state index contributed by atoms with van der Waals surface area (Å²) in [7, 11) is 0. The first-order chi connectivity index (χ1) is 6.34. The number of thiocarbonyl (C=S) groups is 1. The van der Waals surface area contributed by atoms with Crippen LogP contribution >= 0.6 is 24.0 Å². The molecule has 0 aliphatic rings. The van der Waals surface area contributed by atoms with Gasteiger partial charge in [-0.05, 0) is 39.9 Å². The van der Waals surface area contributed by atoms with E-state index in [2.05, 4.69) is 0 Å². The highest BCUT2D eigenvalue weighted by molar-refractivity contribution is 8.23. The van der Waals surface area contributed by atoms with E-state index in [4.69, 9.17) is 17.0 Å². The van der Waals surface area contributed by atoms with Gasteiger partial charge in [-0.2, -0.15) is 0 Å². The van der Waals surface area contributed by atoms with Gasteiger partial charge in [-0.25, -0.2) is 0 Å². The minimum absolute atomic E-state index is 0.0328. The van der Waals surface area contributed by atoms with E-state index in [1.54, 1.807) is 0 Å². The number of hydrogen-bond donors (Lipinski definition) is 0. The summed E-state index contributed by atoms with van der Waals surface area (Å²) in [6.45, 7) is 6.42. The second-order valence-electron chi connectivity index (χ2n) is 3.14. The zero-order valence-corrected chi connectivity index (χ0v) is 10.3. The molecule has 0 radical (unpaired) electrons. The molecule has 0 aliphatic carbocycles. The zero-order chi connectivity index (χ0) is 11.3. The van der Waals surface area contributed by atoms with E-state index in [0.29, 0.717) is 0 Å².